The number of hydrogen-bond donors (Lipinski definition) is 3. The monoisotopic (exact) mass is 391 g/mol. The second-order valence-corrected chi connectivity index (χ2v) is 5.90. The third-order valence-corrected chi connectivity index (χ3v) is 3.61. The van der Waals surface area contributed by atoms with Crippen LogP contribution in [0, 0.1) is 0 Å². The minimum atomic E-state index is -4.36. The van der Waals surface area contributed by atoms with Gasteiger partial charge in [-0.2, -0.15) is 18.3 Å². The summed E-state index contributed by atoms with van der Waals surface area (Å²) >= 11 is 0. The van der Waals surface area contributed by atoms with Crippen molar-refractivity contribution in [2.24, 2.45) is 5.10 Å². The molecule has 0 saturated heterocycles. The summed E-state index contributed by atoms with van der Waals surface area (Å²) in [7, 11) is 0. The molecule has 3 heterocycles. The van der Waals surface area contributed by atoms with E-state index < -0.39 is 12.7 Å². The zero-order valence-electron chi connectivity index (χ0n) is 14.7. The molecule has 28 heavy (non-hydrogen) atoms. The fraction of sp³-hybridized carbons (Fsp3) is 0.176. The van der Waals surface area contributed by atoms with Crippen molar-refractivity contribution < 1.29 is 18.0 Å². The van der Waals surface area contributed by atoms with E-state index in [1.54, 1.807) is 41.2 Å². The molecule has 146 valence electrons. The van der Waals surface area contributed by atoms with E-state index in [4.69, 9.17) is 5.73 Å². The van der Waals surface area contributed by atoms with E-state index in [0.29, 0.717) is 22.6 Å². The molecule has 4 N–H and O–H groups in total. The zero-order valence-corrected chi connectivity index (χ0v) is 14.7. The first-order valence-electron chi connectivity index (χ1n) is 8.06. The Kier molecular flexibility index (Phi) is 5.16. The van der Waals surface area contributed by atoms with Crippen LogP contribution in [-0.2, 0) is 4.79 Å². The highest BCUT2D eigenvalue weighted by molar-refractivity contribution is 5.88. The molecule has 3 aromatic heterocycles. The first-order chi connectivity index (χ1) is 13.2. The van der Waals surface area contributed by atoms with E-state index in [2.05, 4.69) is 20.4 Å². The molecular weight excluding hydrogens is 375 g/mol. The number of fused-ring (bicyclic) bond motifs is 1. The zero-order chi connectivity index (χ0) is 20.3. The average molecular weight is 391 g/mol. The summed E-state index contributed by atoms with van der Waals surface area (Å²) in [6, 6.07) is 5.22. The molecule has 0 unspecified atom stereocenters. The van der Waals surface area contributed by atoms with Crippen LogP contribution in [0.1, 0.15) is 12.5 Å². The highest BCUT2D eigenvalue weighted by Gasteiger charge is 2.26. The van der Waals surface area contributed by atoms with Crippen LogP contribution in [0.5, 0.6) is 0 Å². The number of carbonyl (C=O) groups is 1. The number of pyridine rings is 2. The Balaban J connectivity index is 1.85. The van der Waals surface area contributed by atoms with Gasteiger partial charge >= 0.3 is 6.18 Å². The second-order valence-electron chi connectivity index (χ2n) is 5.90. The molecular formula is C17H16F3N7O. The number of aromatic nitrogens is 3. The lowest BCUT2D eigenvalue weighted by Gasteiger charge is -2.07. The summed E-state index contributed by atoms with van der Waals surface area (Å²) < 4.78 is 38.2. The summed E-state index contributed by atoms with van der Waals surface area (Å²) in [5.41, 5.74) is 10.1. The summed E-state index contributed by atoms with van der Waals surface area (Å²) in [5, 5.41) is 6.14. The van der Waals surface area contributed by atoms with E-state index in [9.17, 15) is 18.0 Å². The van der Waals surface area contributed by atoms with Gasteiger partial charge in [-0.25, -0.2) is 9.97 Å². The van der Waals surface area contributed by atoms with Crippen molar-refractivity contribution >= 4 is 29.4 Å². The van der Waals surface area contributed by atoms with Crippen LogP contribution in [0.15, 0.2) is 41.9 Å². The molecule has 0 aromatic carbocycles. The highest BCUT2D eigenvalue weighted by atomic mass is 19.4. The number of halogens is 3. The number of imidazole rings is 1. The van der Waals surface area contributed by atoms with Crippen molar-refractivity contribution in [3.63, 3.8) is 0 Å². The van der Waals surface area contributed by atoms with E-state index in [0.717, 1.165) is 5.56 Å². The van der Waals surface area contributed by atoms with Crippen LogP contribution in [0.25, 0.3) is 16.8 Å². The van der Waals surface area contributed by atoms with Crippen molar-refractivity contribution in [3.8, 4) is 11.1 Å². The summed E-state index contributed by atoms with van der Waals surface area (Å²) in [5.74, 6) is 0.330. The number of nitrogens with zero attached hydrogens (tertiary/aromatic N) is 4. The first-order valence-corrected chi connectivity index (χ1v) is 8.06. The van der Waals surface area contributed by atoms with Gasteiger partial charge in [-0.05, 0) is 18.2 Å². The molecule has 11 heteroatoms. The van der Waals surface area contributed by atoms with Gasteiger partial charge in [-0.3, -0.25) is 4.79 Å². The number of carbonyl (C=O) groups excluding carboxylic acids is 1. The molecule has 3 rings (SSSR count). The van der Waals surface area contributed by atoms with Crippen molar-refractivity contribution in [2.45, 2.75) is 13.1 Å². The van der Waals surface area contributed by atoms with E-state index >= 15 is 0 Å². The molecule has 0 aliphatic rings. The Labute approximate surface area is 157 Å². The second kappa shape index (κ2) is 7.55. The van der Waals surface area contributed by atoms with Gasteiger partial charge in [0.05, 0.1) is 12.4 Å². The molecule has 0 aliphatic heterocycles. The number of hydrazone groups is 1. The van der Waals surface area contributed by atoms with E-state index in [-0.39, 0.29) is 11.7 Å². The molecule has 0 bridgehead atoms. The number of nitrogens with two attached hydrogens (primary N) is 1. The SMILES string of the molecule is CC(=O)Nc1cn2cc(-c3cnc(N)c(C=NNCC(F)(F)F)c3)ccc2n1. The van der Waals surface area contributed by atoms with Crippen LogP contribution >= 0.6 is 0 Å². The maximum Gasteiger partial charge on any atom is 0.407 e. The molecule has 1 amide bonds. The number of amides is 1. The van der Waals surface area contributed by atoms with E-state index in [1.807, 2.05) is 5.43 Å². The highest BCUT2D eigenvalue weighted by Crippen LogP contribution is 2.23. The van der Waals surface area contributed by atoms with Gasteiger partial charge < -0.3 is 20.9 Å². The Hall–Kier alpha value is -3.63. The number of alkyl halides is 3. The largest absolute Gasteiger partial charge is 0.407 e. The molecule has 0 spiro atoms. The molecule has 8 nitrogen and oxygen atoms in total. The average Bonchev–Trinajstić information content (AvgIpc) is 2.99. The lowest BCUT2D eigenvalue weighted by molar-refractivity contribution is -0.124. The normalized spacial score (nSPS) is 11.9. The van der Waals surface area contributed by atoms with Crippen LogP contribution in [-0.4, -0.2) is 39.2 Å². The molecule has 0 fully saturated rings. The molecule has 3 aromatic rings. The Morgan fingerprint density at radius 2 is 2.11 bits per heavy atom. The fourth-order valence-corrected chi connectivity index (χ4v) is 2.41. The maximum absolute atomic E-state index is 12.1. The lowest BCUT2D eigenvalue weighted by atomic mass is 10.1. The number of hydrogen-bond acceptors (Lipinski definition) is 6. The number of nitrogen functional groups attached to an aromatic ring is 1. The first kappa shape index (κ1) is 19.1. The van der Waals surface area contributed by atoms with Crippen LogP contribution < -0.4 is 16.5 Å². The Morgan fingerprint density at radius 1 is 1.32 bits per heavy atom. The Morgan fingerprint density at radius 3 is 2.82 bits per heavy atom. The summed E-state index contributed by atoms with van der Waals surface area (Å²) in [6.07, 6.45) is 1.81. The fourth-order valence-electron chi connectivity index (χ4n) is 2.41. The minimum Gasteiger partial charge on any atom is -0.383 e. The van der Waals surface area contributed by atoms with Crippen molar-refractivity contribution in [1.29, 1.82) is 0 Å². The van der Waals surface area contributed by atoms with Gasteiger partial charge in [-0.1, -0.05) is 0 Å². The molecule has 0 saturated carbocycles. The predicted octanol–water partition coefficient (Wildman–Crippen LogP) is 2.42. The van der Waals surface area contributed by atoms with Gasteiger partial charge in [0.2, 0.25) is 5.91 Å². The maximum atomic E-state index is 12.1. The molecule has 0 atom stereocenters. The number of rotatable bonds is 5. The van der Waals surface area contributed by atoms with Crippen LogP contribution in [0.3, 0.4) is 0 Å². The summed E-state index contributed by atoms with van der Waals surface area (Å²) in [4.78, 5) is 19.5. The number of nitrogens with one attached hydrogen (secondary N) is 2. The van der Waals surface area contributed by atoms with Crippen molar-refractivity contribution in [2.75, 3.05) is 17.6 Å². The van der Waals surface area contributed by atoms with Gasteiger partial charge in [0.15, 0.2) is 5.82 Å². The van der Waals surface area contributed by atoms with E-state index in [1.165, 1.54) is 13.1 Å². The van der Waals surface area contributed by atoms with Gasteiger partial charge in [0.25, 0.3) is 0 Å². The van der Waals surface area contributed by atoms with Crippen LogP contribution in [0.2, 0.25) is 0 Å². The molecule has 0 radical (unpaired) electrons. The lowest BCUT2D eigenvalue weighted by Crippen LogP contribution is -2.25. The smallest absolute Gasteiger partial charge is 0.383 e. The Bertz CT molecular complexity index is 1040. The minimum absolute atomic E-state index is 0.137. The van der Waals surface area contributed by atoms with Crippen molar-refractivity contribution in [3.05, 3.63) is 42.4 Å². The van der Waals surface area contributed by atoms with Crippen LogP contribution in [0.4, 0.5) is 24.8 Å². The summed E-state index contributed by atoms with van der Waals surface area (Å²) in [6.45, 7) is 0.145. The number of anilines is 2. The van der Waals surface area contributed by atoms with Gasteiger partial charge in [0.1, 0.15) is 18.0 Å². The predicted molar refractivity (Wildman–Crippen MR) is 98.8 cm³/mol. The topological polar surface area (TPSA) is 110 Å². The standard InChI is InChI=1S/C17H16F3N7O/c1-10(28)25-14-8-27-7-11(2-3-15(27)26-14)12-4-13(16(21)22-5-12)6-23-24-9-17(18,19)20/h2-8,24H,9H2,1H3,(H2,21,22)(H,25,28). The van der Waals surface area contributed by atoms with Crippen molar-refractivity contribution in [1.82, 2.24) is 19.8 Å². The third kappa shape index (κ3) is 4.75. The third-order valence-electron chi connectivity index (χ3n) is 3.61. The van der Waals surface area contributed by atoms with Gasteiger partial charge in [0, 0.05) is 36.0 Å². The molecule has 0 aliphatic carbocycles. The quantitative estimate of drug-likeness (QED) is 0.457. The van der Waals surface area contributed by atoms with Gasteiger partial charge in [-0.15, -0.1) is 0 Å².